The molecule has 0 aliphatic rings. The number of aromatic carboxylic acids is 1. The maximum atomic E-state index is 10.9. The molecule has 98 valence electrons. The summed E-state index contributed by atoms with van der Waals surface area (Å²) in [6, 6.07) is 12.3. The molecule has 0 radical (unpaired) electrons. The highest BCUT2D eigenvalue weighted by molar-refractivity contribution is 7.99. The highest BCUT2D eigenvalue weighted by Crippen LogP contribution is 2.35. The van der Waals surface area contributed by atoms with E-state index in [1.807, 2.05) is 24.3 Å². The Hall–Kier alpha value is -2.14. The van der Waals surface area contributed by atoms with Crippen LogP contribution < -0.4 is 10.5 Å². The average Bonchev–Trinajstić information content (AvgIpc) is 2.41. The number of methoxy groups -OCH3 is 1. The van der Waals surface area contributed by atoms with Crippen LogP contribution in [0.1, 0.15) is 10.4 Å². The minimum absolute atomic E-state index is 0.207. The van der Waals surface area contributed by atoms with Crippen LogP contribution in [0.3, 0.4) is 0 Å². The van der Waals surface area contributed by atoms with Crippen molar-refractivity contribution in [3.8, 4) is 5.75 Å². The molecule has 0 unspecified atom stereocenters. The molecule has 2 aromatic rings. The Morgan fingerprint density at radius 1 is 1.21 bits per heavy atom. The molecule has 4 nitrogen and oxygen atoms in total. The molecule has 2 aromatic carbocycles. The van der Waals surface area contributed by atoms with Gasteiger partial charge in [-0.1, -0.05) is 11.8 Å². The van der Waals surface area contributed by atoms with Gasteiger partial charge in [-0.3, -0.25) is 0 Å². The number of ether oxygens (including phenoxy) is 1. The molecule has 0 aliphatic heterocycles. The van der Waals surface area contributed by atoms with Crippen molar-refractivity contribution in [2.24, 2.45) is 0 Å². The third-order valence-corrected chi connectivity index (χ3v) is 3.58. The lowest BCUT2D eigenvalue weighted by Gasteiger charge is -2.09. The van der Waals surface area contributed by atoms with Gasteiger partial charge >= 0.3 is 5.97 Å². The first-order valence-corrected chi connectivity index (χ1v) is 6.36. The molecule has 0 bridgehead atoms. The number of anilines is 1. The molecule has 0 aliphatic carbocycles. The highest BCUT2D eigenvalue weighted by atomic mass is 32.2. The minimum Gasteiger partial charge on any atom is -0.496 e. The Morgan fingerprint density at radius 3 is 2.47 bits per heavy atom. The second kappa shape index (κ2) is 5.67. The van der Waals surface area contributed by atoms with Crippen molar-refractivity contribution in [1.29, 1.82) is 0 Å². The number of nitrogen functional groups attached to an aromatic ring is 1. The smallest absolute Gasteiger partial charge is 0.335 e. The molecule has 0 spiro atoms. The topological polar surface area (TPSA) is 72.5 Å². The normalized spacial score (nSPS) is 10.2. The van der Waals surface area contributed by atoms with Gasteiger partial charge in [0.2, 0.25) is 0 Å². The number of nitrogens with two attached hydrogens (primary N) is 1. The van der Waals surface area contributed by atoms with E-state index in [0.717, 1.165) is 9.79 Å². The van der Waals surface area contributed by atoms with E-state index in [1.165, 1.54) is 24.9 Å². The second-order valence-corrected chi connectivity index (χ2v) is 4.96. The van der Waals surface area contributed by atoms with E-state index in [9.17, 15) is 4.79 Å². The van der Waals surface area contributed by atoms with Crippen molar-refractivity contribution in [3.63, 3.8) is 0 Å². The van der Waals surface area contributed by atoms with Crippen LogP contribution in [-0.2, 0) is 0 Å². The standard InChI is InChI=1S/C14H13NO3S/c1-18-12-8-9(14(16)17)2-7-13(12)19-11-5-3-10(15)4-6-11/h2-8H,15H2,1H3,(H,16,17). The second-order valence-electron chi connectivity index (χ2n) is 3.84. The average molecular weight is 275 g/mol. The van der Waals surface area contributed by atoms with Gasteiger partial charge in [-0.05, 0) is 42.5 Å². The zero-order valence-electron chi connectivity index (χ0n) is 10.3. The van der Waals surface area contributed by atoms with Gasteiger partial charge in [-0.2, -0.15) is 0 Å². The first-order chi connectivity index (χ1) is 9.10. The molecule has 3 N–H and O–H groups in total. The third kappa shape index (κ3) is 3.20. The molecular weight excluding hydrogens is 262 g/mol. The lowest BCUT2D eigenvalue weighted by Crippen LogP contribution is -1.97. The molecule has 0 saturated heterocycles. The van der Waals surface area contributed by atoms with Gasteiger partial charge in [0.05, 0.1) is 17.6 Å². The summed E-state index contributed by atoms with van der Waals surface area (Å²) in [5.74, 6) is -0.427. The van der Waals surface area contributed by atoms with Gasteiger partial charge < -0.3 is 15.6 Å². The van der Waals surface area contributed by atoms with E-state index in [4.69, 9.17) is 15.6 Å². The van der Waals surface area contributed by atoms with Gasteiger partial charge in [-0.25, -0.2) is 4.79 Å². The lowest BCUT2D eigenvalue weighted by molar-refractivity contribution is 0.0696. The van der Waals surface area contributed by atoms with Crippen LogP contribution in [0.25, 0.3) is 0 Å². The first-order valence-electron chi connectivity index (χ1n) is 5.55. The molecule has 0 saturated carbocycles. The van der Waals surface area contributed by atoms with Gasteiger partial charge in [0.1, 0.15) is 5.75 Å². The Balaban J connectivity index is 2.29. The predicted molar refractivity (Wildman–Crippen MR) is 74.9 cm³/mol. The van der Waals surface area contributed by atoms with Gasteiger partial charge in [-0.15, -0.1) is 0 Å². The highest BCUT2D eigenvalue weighted by Gasteiger charge is 2.10. The summed E-state index contributed by atoms with van der Waals surface area (Å²) in [4.78, 5) is 12.8. The fourth-order valence-electron chi connectivity index (χ4n) is 1.55. The molecule has 19 heavy (non-hydrogen) atoms. The van der Waals surface area contributed by atoms with Crippen LogP contribution in [0.4, 0.5) is 5.69 Å². The SMILES string of the molecule is COc1cc(C(=O)O)ccc1Sc1ccc(N)cc1. The van der Waals surface area contributed by atoms with E-state index in [2.05, 4.69) is 0 Å². The van der Waals surface area contributed by atoms with Crippen LogP contribution >= 0.6 is 11.8 Å². The summed E-state index contributed by atoms with van der Waals surface area (Å²) in [6.45, 7) is 0. The van der Waals surface area contributed by atoms with Crippen molar-refractivity contribution in [2.75, 3.05) is 12.8 Å². The first kappa shape index (κ1) is 13.3. The fraction of sp³-hybridized carbons (Fsp3) is 0.0714. The number of benzene rings is 2. The van der Waals surface area contributed by atoms with Gasteiger partial charge in [0, 0.05) is 10.6 Å². The van der Waals surface area contributed by atoms with Crippen molar-refractivity contribution in [2.45, 2.75) is 9.79 Å². The van der Waals surface area contributed by atoms with Gasteiger partial charge in [0.15, 0.2) is 0 Å². The summed E-state index contributed by atoms with van der Waals surface area (Å²) < 4.78 is 5.22. The fourth-order valence-corrected chi connectivity index (χ4v) is 2.45. The number of carboxylic acid groups (broad SMARTS) is 1. The van der Waals surface area contributed by atoms with E-state index in [1.54, 1.807) is 12.1 Å². The predicted octanol–water partition coefficient (Wildman–Crippen LogP) is 3.13. The summed E-state index contributed by atoms with van der Waals surface area (Å²) in [6.07, 6.45) is 0. The monoisotopic (exact) mass is 275 g/mol. The molecule has 0 amide bonds. The Kier molecular flexibility index (Phi) is 3.97. The van der Waals surface area contributed by atoms with Crippen LogP contribution in [0, 0.1) is 0 Å². The number of carboxylic acids is 1. The van der Waals surface area contributed by atoms with Crippen molar-refractivity contribution >= 4 is 23.4 Å². The van der Waals surface area contributed by atoms with E-state index >= 15 is 0 Å². The zero-order valence-corrected chi connectivity index (χ0v) is 11.1. The lowest BCUT2D eigenvalue weighted by atomic mass is 10.2. The molecular formula is C14H13NO3S. The van der Waals surface area contributed by atoms with Crippen LogP contribution in [0.15, 0.2) is 52.3 Å². The maximum absolute atomic E-state index is 10.9. The van der Waals surface area contributed by atoms with Crippen molar-refractivity contribution in [1.82, 2.24) is 0 Å². The number of hydrogen-bond donors (Lipinski definition) is 2. The Bertz CT molecular complexity index is 596. The molecule has 0 atom stereocenters. The minimum atomic E-state index is -0.970. The van der Waals surface area contributed by atoms with Crippen LogP contribution in [-0.4, -0.2) is 18.2 Å². The zero-order chi connectivity index (χ0) is 13.8. The number of rotatable bonds is 4. The van der Waals surface area contributed by atoms with E-state index in [-0.39, 0.29) is 5.56 Å². The van der Waals surface area contributed by atoms with Crippen molar-refractivity contribution in [3.05, 3.63) is 48.0 Å². The maximum Gasteiger partial charge on any atom is 0.335 e. The van der Waals surface area contributed by atoms with Crippen molar-refractivity contribution < 1.29 is 14.6 Å². The summed E-state index contributed by atoms with van der Waals surface area (Å²) in [5.41, 5.74) is 6.54. The third-order valence-electron chi connectivity index (χ3n) is 2.52. The number of carbonyl (C=O) groups is 1. The number of hydrogen-bond acceptors (Lipinski definition) is 4. The molecule has 0 heterocycles. The van der Waals surface area contributed by atoms with E-state index < -0.39 is 5.97 Å². The summed E-state index contributed by atoms with van der Waals surface area (Å²) in [5, 5.41) is 8.94. The van der Waals surface area contributed by atoms with Crippen LogP contribution in [0.5, 0.6) is 5.75 Å². The molecule has 5 heteroatoms. The van der Waals surface area contributed by atoms with Gasteiger partial charge in [0.25, 0.3) is 0 Å². The summed E-state index contributed by atoms with van der Waals surface area (Å²) in [7, 11) is 1.52. The Labute approximate surface area is 115 Å². The Morgan fingerprint density at radius 2 is 1.89 bits per heavy atom. The quantitative estimate of drug-likeness (QED) is 0.839. The molecule has 0 aromatic heterocycles. The largest absolute Gasteiger partial charge is 0.496 e. The van der Waals surface area contributed by atoms with Crippen LogP contribution in [0.2, 0.25) is 0 Å². The molecule has 0 fully saturated rings. The van der Waals surface area contributed by atoms with E-state index in [0.29, 0.717) is 11.4 Å². The summed E-state index contributed by atoms with van der Waals surface area (Å²) >= 11 is 1.49. The molecule has 2 rings (SSSR count).